The largest absolute Gasteiger partial charge is 0.305 e. The lowest BCUT2D eigenvalue weighted by Crippen LogP contribution is -1.84. The van der Waals surface area contributed by atoms with Gasteiger partial charge in [0, 0.05) is 10.8 Å². The van der Waals surface area contributed by atoms with Crippen LogP contribution in [-0.4, -0.2) is 4.98 Å². The summed E-state index contributed by atoms with van der Waals surface area (Å²) in [7, 11) is 0. The molecule has 1 heterocycles. The van der Waals surface area contributed by atoms with Gasteiger partial charge in [0.25, 0.3) is 0 Å². The van der Waals surface area contributed by atoms with Crippen LogP contribution in [0.15, 0.2) is 58.9 Å². The minimum Gasteiger partial charge on any atom is -0.305 e. The van der Waals surface area contributed by atoms with E-state index in [1.54, 1.807) is 0 Å². The third kappa shape index (κ3) is 1.50. The van der Waals surface area contributed by atoms with Gasteiger partial charge in [0.1, 0.15) is 5.69 Å². The summed E-state index contributed by atoms with van der Waals surface area (Å²) >= 11 is 0. The summed E-state index contributed by atoms with van der Waals surface area (Å²) in [5.41, 5.74) is 2.57. The van der Waals surface area contributed by atoms with Crippen LogP contribution in [0.2, 0.25) is 0 Å². The van der Waals surface area contributed by atoms with Crippen LogP contribution in [0.5, 0.6) is 0 Å². The Labute approximate surface area is 97.8 Å². The van der Waals surface area contributed by atoms with E-state index < -0.39 is 0 Å². The molecule has 0 fully saturated rings. The van der Waals surface area contributed by atoms with Crippen molar-refractivity contribution in [1.82, 2.24) is 4.98 Å². The van der Waals surface area contributed by atoms with Gasteiger partial charge in [0.15, 0.2) is 0 Å². The molecule has 3 rings (SSSR count). The average molecular weight is 222 g/mol. The summed E-state index contributed by atoms with van der Waals surface area (Å²) in [6.07, 6.45) is 0. The van der Waals surface area contributed by atoms with Crippen molar-refractivity contribution >= 4 is 27.5 Å². The average Bonchev–Trinajstić information content (AvgIpc) is 2.39. The summed E-state index contributed by atoms with van der Waals surface area (Å²) in [6.45, 7) is 0. The maximum Gasteiger partial charge on any atom is 0.106 e. The Balaban J connectivity index is 2.56. The lowest BCUT2D eigenvalue weighted by atomic mass is 10.1. The molecule has 0 radical (unpaired) electrons. The number of pyridine rings is 1. The van der Waals surface area contributed by atoms with E-state index in [0.717, 1.165) is 27.5 Å². The molecule has 1 aromatic heterocycles. The molecule has 0 spiro atoms. The molecular weight excluding hydrogens is 212 g/mol. The second kappa shape index (κ2) is 3.83. The van der Waals surface area contributed by atoms with Crippen molar-refractivity contribution in [2.75, 3.05) is 0 Å². The van der Waals surface area contributed by atoms with Crippen LogP contribution < -0.4 is 5.84 Å². The first kappa shape index (κ1) is 9.72. The molecule has 3 aromatic rings. The SMILES string of the molecule is NN=Nc1c2ccccc2nc2ccccc12. The number of fused-ring (bicyclic) bond motifs is 2. The molecule has 0 saturated heterocycles. The van der Waals surface area contributed by atoms with Crippen LogP contribution in [-0.2, 0) is 0 Å². The van der Waals surface area contributed by atoms with E-state index in [1.807, 2.05) is 48.5 Å². The molecule has 0 aliphatic carbocycles. The van der Waals surface area contributed by atoms with Gasteiger partial charge in [-0.05, 0) is 12.1 Å². The van der Waals surface area contributed by atoms with Gasteiger partial charge < -0.3 is 5.84 Å². The van der Waals surface area contributed by atoms with Crippen molar-refractivity contribution in [3.63, 3.8) is 0 Å². The molecule has 0 amide bonds. The zero-order chi connectivity index (χ0) is 11.7. The van der Waals surface area contributed by atoms with E-state index >= 15 is 0 Å². The molecule has 0 aliphatic heterocycles. The van der Waals surface area contributed by atoms with E-state index in [2.05, 4.69) is 15.3 Å². The van der Waals surface area contributed by atoms with Gasteiger partial charge in [-0.3, -0.25) is 0 Å². The summed E-state index contributed by atoms with van der Waals surface area (Å²) in [5.74, 6) is 5.18. The van der Waals surface area contributed by atoms with Crippen LogP contribution in [0.25, 0.3) is 21.8 Å². The van der Waals surface area contributed by atoms with Gasteiger partial charge in [0.2, 0.25) is 0 Å². The number of benzene rings is 2. The number of para-hydroxylation sites is 2. The van der Waals surface area contributed by atoms with Gasteiger partial charge in [0.05, 0.1) is 11.0 Å². The highest BCUT2D eigenvalue weighted by molar-refractivity contribution is 6.05. The molecule has 0 bridgehead atoms. The summed E-state index contributed by atoms with van der Waals surface area (Å²) in [4.78, 5) is 4.58. The predicted octanol–water partition coefficient (Wildman–Crippen LogP) is 3.35. The lowest BCUT2D eigenvalue weighted by molar-refractivity contribution is 1.07. The number of nitrogens with two attached hydrogens (primary N) is 1. The lowest BCUT2D eigenvalue weighted by Gasteiger charge is -2.05. The van der Waals surface area contributed by atoms with Crippen molar-refractivity contribution in [3.8, 4) is 0 Å². The molecule has 0 aliphatic rings. The van der Waals surface area contributed by atoms with E-state index in [1.165, 1.54) is 0 Å². The molecule has 82 valence electrons. The van der Waals surface area contributed by atoms with E-state index in [0.29, 0.717) is 0 Å². The van der Waals surface area contributed by atoms with Crippen molar-refractivity contribution < 1.29 is 0 Å². The number of rotatable bonds is 1. The van der Waals surface area contributed by atoms with E-state index in [-0.39, 0.29) is 0 Å². The highest BCUT2D eigenvalue weighted by atomic mass is 15.3. The summed E-state index contributed by atoms with van der Waals surface area (Å²) in [6, 6.07) is 15.7. The Morgan fingerprint density at radius 2 is 1.35 bits per heavy atom. The van der Waals surface area contributed by atoms with Crippen LogP contribution in [0.4, 0.5) is 5.69 Å². The quantitative estimate of drug-likeness (QED) is 0.297. The standard InChI is InChI=1S/C13H10N4/c14-17-16-13-9-5-1-3-7-11(9)15-12-8-4-2-6-10(12)13/h1-8H,(H2,14,15,16). The zero-order valence-electron chi connectivity index (χ0n) is 9.04. The highest BCUT2D eigenvalue weighted by Crippen LogP contribution is 2.32. The normalized spacial score (nSPS) is 11.5. The van der Waals surface area contributed by atoms with E-state index in [9.17, 15) is 0 Å². The number of hydrogen-bond donors (Lipinski definition) is 1. The van der Waals surface area contributed by atoms with Crippen LogP contribution in [0, 0.1) is 0 Å². The molecule has 0 atom stereocenters. The third-order valence-electron chi connectivity index (χ3n) is 2.72. The molecule has 0 unspecified atom stereocenters. The first-order valence-corrected chi connectivity index (χ1v) is 5.28. The molecule has 4 heteroatoms. The molecular formula is C13H10N4. The zero-order valence-corrected chi connectivity index (χ0v) is 9.04. The topological polar surface area (TPSA) is 63.6 Å². The first-order valence-electron chi connectivity index (χ1n) is 5.28. The second-order valence-electron chi connectivity index (χ2n) is 3.71. The molecule has 0 saturated carbocycles. The highest BCUT2D eigenvalue weighted by Gasteiger charge is 2.07. The van der Waals surface area contributed by atoms with Gasteiger partial charge in [-0.15, -0.1) is 5.11 Å². The number of nitrogens with zero attached hydrogens (tertiary/aromatic N) is 3. The second-order valence-corrected chi connectivity index (χ2v) is 3.71. The maximum atomic E-state index is 5.18. The van der Waals surface area contributed by atoms with Crippen LogP contribution in [0.3, 0.4) is 0 Å². The monoisotopic (exact) mass is 222 g/mol. The Morgan fingerprint density at radius 1 is 0.824 bits per heavy atom. The van der Waals surface area contributed by atoms with Crippen molar-refractivity contribution in [3.05, 3.63) is 48.5 Å². The fourth-order valence-electron chi connectivity index (χ4n) is 1.98. The maximum absolute atomic E-state index is 5.18. The predicted molar refractivity (Wildman–Crippen MR) is 68.0 cm³/mol. The van der Waals surface area contributed by atoms with E-state index in [4.69, 9.17) is 5.84 Å². The Morgan fingerprint density at radius 3 is 1.88 bits per heavy atom. The molecule has 17 heavy (non-hydrogen) atoms. The minimum atomic E-state index is 0.772. The van der Waals surface area contributed by atoms with Crippen LogP contribution in [0.1, 0.15) is 0 Å². The molecule has 2 N–H and O–H groups in total. The fourth-order valence-corrected chi connectivity index (χ4v) is 1.98. The number of aromatic nitrogens is 1. The summed E-state index contributed by atoms with van der Waals surface area (Å²) in [5, 5.41) is 9.35. The number of hydrogen-bond acceptors (Lipinski definition) is 3. The van der Waals surface area contributed by atoms with Crippen molar-refractivity contribution in [1.29, 1.82) is 0 Å². The fraction of sp³-hybridized carbons (Fsp3) is 0. The van der Waals surface area contributed by atoms with Crippen molar-refractivity contribution in [2.45, 2.75) is 0 Å². The van der Waals surface area contributed by atoms with Gasteiger partial charge >= 0.3 is 0 Å². The Kier molecular flexibility index (Phi) is 2.19. The van der Waals surface area contributed by atoms with Crippen molar-refractivity contribution in [2.24, 2.45) is 16.2 Å². The Hall–Kier alpha value is -2.49. The summed E-state index contributed by atoms with van der Waals surface area (Å²) < 4.78 is 0. The third-order valence-corrected chi connectivity index (χ3v) is 2.72. The van der Waals surface area contributed by atoms with Gasteiger partial charge in [-0.1, -0.05) is 41.6 Å². The van der Waals surface area contributed by atoms with Crippen LogP contribution >= 0.6 is 0 Å². The Bertz CT molecular complexity index is 665. The minimum absolute atomic E-state index is 0.772. The molecule has 2 aromatic carbocycles. The van der Waals surface area contributed by atoms with Gasteiger partial charge in [-0.25, -0.2) is 4.98 Å². The molecule has 4 nitrogen and oxygen atoms in total. The first-order chi connectivity index (χ1) is 8.40. The van der Waals surface area contributed by atoms with Gasteiger partial charge in [-0.2, -0.15) is 0 Å². The smallest absolute Gasteiger partial charge is 0.106 e.